The largest absolute Gasteiger partial charge is 0.490 e. The van der Waals surface area contributed by atoms with Crippen molar-refractivity contribution in [3.8, 4) is 17.6 Å². The average Bonchev–Trinajstić information content (AvgIpc) is 3.33. The summed E-state index contributed by atoms with van der Waals surface area (Å²) in [5, 5.41) is 9.30. The number of ether oxygens (including phenoxy) is 3. The zero-order chi connectivity index (χ0) is 30.3. The van der Waals surface area contributed by atoms with Crippen LogP contribution in [0.4, 0.5) is 0 Å². The van der Waals surface area contributed by atoms with Crippen molar-refractivity contribution in [3.63, 3.8) is 0 Å². The number of nitrogens with zero attached hydrogens (tertiary/aromatic N) is 3. The van der Waals surface area contributed by atoms with E-state index >= 15 is 0 Å². The standard InChI is InChI=1S/C34H29N3O5S/c1-4-18-41-27-16-12-24(13-17-27)31-30(33(39)40-5-2)22(3)36-34-37(31)32(38)29(43-34)19-23-10-14-28(15-11-23)42-21-26-9-7-6-8-25(26)20-35/h4,6-17,19,31H,1,5,18,21H2,2-3H3/b29-19-/t31-/m0/s1. The average molecular weight is 592 g/mol. The Morgan fingerprint density at radius 2 is 1.77 bits per heavy atom. The van der Waals surface area contributed by atoms with Gasteiger partial charge in [-0.05, 0) is 61.4 Å². The van der Waals surface area contributed by atoms with Crippen molar-refractivity contribution < 1.29 is 19.0 Å². The lowest BCUT2D eigenvalue weighted by Crippen LogP contribution is -2.39. The molecule has 1 atom stereocenters. The Labute approximate surface area is 252 Å². The molecule has 0 radical (unpaired) electrons. The van der Waals surface area contributed by atoms with E-state index in [2.05, 4.69) is 17.6 Å². The van der Waals surface area contributed by atoms with Gasteiger partial charge in [0.2, 0.25) is 0 Å². The number of nitriles is 1. The van der Waals surface area contributed by atoms with Crippen LogP contribution in [-0.2, 0) is 16.1 Å². The van der Waals surface area contributed by atoms with Gasteiger partial charge >= 0.3 is 5.97 Å². The second kappa shape index (κ2) is 13.2. The highest BCUT2D eigenvalue weighted by Crippen LogP contribution is 2.31. The van der Waals surface area contributed by atoms with Gasteiger partial charge in [-0.2, -0.15) is 5.26 Å². The van der Waals surface area contributed by atoms with Gasteiger partial charge in [-0.15, -0.1) is 0 Å². The summed E-state index contributed by atoms with van der Waals surface area (Å²) < 4.78 is 18.9. The van der Waals surface area contributed by atoms with Crippen LogP contribution in [0, 0.1) is 11.3 Å². The number of rotatable bonds is 10. The second-order valence-electron chi connectivity index (χ2n) is 9.60. The summed E-state index contributed by atoms with van der Waals surface area (Å²) in [6.45, 7) is 8.00. The number of esters is 1. The van der Waals surface area contributed by atoms with E-state index in [-0.39, 0.29) is 18.8 Å². The fraction of sp³-hybridized carbons (Fsp3) is 0.176. The first-order valence-corrected chi connectivity index (χ1v) is 14.5. The Morgan fingerprint density at radius 1 is 1.07 bits per heavy atom. The van der Waals surface area contributed by atoms with Gasteiger partial charge in [-0.3, -0.25) is 9.36 Å². The minimum Gasteiger partial charge on any atom is -0.490 e. The van der Waals surface area contributed by atoms with Crippen LogP contribution in [-0.4, -0.2) is 23.8 Å². The Bertz CT molecular complexity index is 1910. The third-order valence-corrected chi connectivity index (χ3v) is 7.77. The molecule has 1 aliphatic heterocycles. The van der Waals surface area contributed by atoms with Crippen LogP contribution in [0.2, 0.25) is 0 Å². The van der Waals surface area contributed by atoms with E-state index in [9.17, 15) is 14.9 Å². The number of carbonyl (C=O) groups is 1. The van der Waals surface area contributed by atoms with Crippen LogP contribution in [0.15, 0.2) is 107 Å². The normalized spacial score (nSPS) is 14.3. The molecule has 5 rings (SSSR count). The van der Waals surface area contributed by atoms with Crippen LogP contribution < -0.4 is 24.4 Å². The van der Waals surface area contributed by atoms with Crippen LogP contribution in [0.25, 0.3) is 6.08 Å². The number of hydrogen-bond acceptors (Lipinski definition) is 8. The Kier molecular flexibility index (Phi) is 8.99. The van der Waals surface area contributed by atoms with E-state index in [0.29, 0.717) is 44.3 Å². The smallest absolute Gasteiger partial charge is 0.338 e. The number of aromatic nitrogens is 1. The molecule has 1 aliphatic rings. The van der Waals surface area contributed by atoms with Gasteiger partial charge in [0.15, 0.2) is 4.80 Å². The lowest BCUT2D eigenvalue weighted by Gasteiger charge is -2.24. The molecule has 3 aromatic carbocycles. The van der Waals surface area contributed by atoms with Crippen molar-refractivity contribution >= 4 is 23.4 Å². The van der Waals surface area contributed by atoms with Gasteiger partial charge in [0, 0.05) is 5.56 Å². The third-order valence-electron chi connectivity index (χ3n) is 6.79. The number of allylic oxidation sites excluding steroid dienone is 1. The Hall–Kier alpha value is -5.20. The molecule has 0 saturated carbocycles. The maximum atomic E-state index is 13.8. The van der Waals surface area contributed by atoms with Crippen molar-refractivity contribution in [1.29, 1.82) is 5.26 Å². The maximum Gasteiger partial charge on any atom is 0.338 e. The third kappa shape index (κ3) is 6.35. The van der Waals surface area contributed by atoms with E-state index in [1.54, 1.807) is 48.8 Å². The SMILES string of the molecule is C=CCOc1ccc([C@H]2C(C(=O)OCC)=C(C)N=c3s/c(=C\c4ccc(OCc5ccccc5C#N)cc4)c(=O)n32)cc1. The molecule has 0 aliphatic carbocycles. The molecule has 0 fully saturated rings. The molecule has 0 amide bonds. The van der Waals surface area contributed by atoms with Gasteiger partial charge in [0.25, 0.3) is 5.56 Å². The van der Waals surface area contributed by atoms with Crippen LogP contribution in [0.3, 0.4) is 0 Å². The molecular formula is C34H29N3O5S. The first-order valence-electron chi connectivity index (χ1n) is 13.7. The number of carbonyl (C=O) groups excluding carboxylic acids is 1. The quantitative estimate of drug-likeness (QED) is 0.194. The summed E-state index contributed by atoms with van der Waals surface area (Å²) in [4.78, 5) is 32.1. The minimum absolute atomic E-state index is 0.200. The molecule has 0 unspecified atom stereocenters. The molecule has 0 saturated heterocycles. The van der Waals surface area contributed by atoms with Gasteiger partial charge in [-0.1, -0.05) is 66.5 Å². The molecule has 8 nitrogen and oxygen atoms in total. The predicted octanol–water partition coefficient (Wildman–Crippen LogP) is 4.81. The summed E-state index contributed by atoms with van der Waals surface area (Å²) >= 11 is 1.26. The fourth-order valence-corrected chi connectivity index (χ4v) is 5.78. The number of fused-ring (bicyclic) bond motifs is 1. The lowest BCUT2D eigenvalue weighted by molar-refractivity contribution is -0.139. The molecule has 216 valence electrons. The van der Waals surface area contributed by atoms with Crippen LogP contribution in [0.1, 0.15) is 42.1 Å². The van der Waals surface area contributed by atoms with Crippen molar-refractivity contribution in [2.24, 2.45) is 4.99 Å². The van der Waals surface area contributed by atoms with E-state index in [4.69, 9.17) is 14.2 Å². The van der Waals surface area contributed by atoms with Crippen LogP contribution in [0.5, 0.6) is 11.5 Å². The summed E-state index contributed by atoms with van der Waals surface area (Å²) in [5.41, 5.74) is 3.48. The highest BCUT2D eigenvalue weighted by atomic mass is 32.1. The van der Waals surface area contributed by atoms with Crippen LogP contribution >= 0.6 is 11.3 Å². The predicted molar refractivity (Wildman–Crippen MR) is 164 cm³/mol. The van der Waals surface area contributed by atoms with Crippen molar-refractivity contribution in [1.82, 2.24) is 4.57 Å². The maximum absolute atomic E-state index is 13.8. The summed E-state index contributed by atoms with van der Waals surface area (Å²) in [7, 11) is 0. The highest BCUT2D eigenvalue weighted by Gasteiger charge is 2.33. The molecule has 0 N–H and O–H groups in total. The highest BCUT2D eigenvalue weighted by molar-refractivity contribution is 7.07. The van der Waals surface area contributed by atoms with Gasteiger partial charge in [-0.25, -0.2) is 9.79 Å². The number of thiazole rings is 1. The van der Waals surface area contributed by atoms with Gasteiger partial charge < -0.3 is 14.2 Å². The minimum atomic E-state index is -0.710. The zero-order valence-corrected chi connectivity index (χ0v) is 24.6. The molecule has 2 heterocycles. The molecule has 4 aromatic rings. The number of benzene rings is 3. The summed E-state index contributed by atoms with van der Waals surface area (Å²) in [5.74, 6) is 0.778. The monoisotopic (exact) mass is 591 g/mol. The molecule has 0 spiro atoms. The van der Waals surface area contributed by atoms with E-state index in [0.717, 1.165) is 16.7 Å². The molecule has 9 heteroatoms. The Balaban J connectivity index is 1.48. The van der Waals surface area contributed by atoms with E-state index in [1.165, 1.54) is 11.3 Å². The molecule has 43 heavy (non-hydrogen) atoms. The van der Waals surface area contributed by atoms with Crippen molar-refractivity contribution in [2.75, 3.05) is 13.2 Å². The molecular weight excluding hydrogens is 562 g/mol. The summed E-state index contributed by atoms with van der Waals surface area (Å²) in [6.07, 6.45) is 3.46. The Morgan fingerprint density at radius 3 is 2.47 bits per heavy atom. The number of hydrogen-bond donors (Lipinski definition) is 0. The lowest BCUT2D eigenvalue weighted by atomic mass is 9.96. The first-order chi connectivity index (χ1) is 20.9. The summed E-state index contributed by atoms with van der Waals surface area (Å²) in [6, 6.07) is 23.4. The topological polar surface area (TPSA) is 103 Å². The van der Waals surface area contributed by atoms with Crippen molar-refractivity contribution in [2.45, 2.75) is 26.5 Å². The van der Waals surface area contributed by atoms with E-state index in [1.807, 2.05) is 54.6 Å². The van der Waals surface area contributed by atoms with E-state index < -0.39 is 12.0 Å². The fourth-order valence-electron chi connectivity index (χ4n) is 4.74. The molecule has 0 bridgehead atoms. The first kappa shape index (κ1) is 29.3. The van der Waals surface area contributed by atoms with Gasteiger partial charge in [0.05, 0.1) is 40.1 Å². The molecule has 1 aromatic heterocycles. The zero-order valence-electron chi connectivity index (χ0n) is 23.8. The van der Waals surface area contributed by atoms with Gasteiger partial charge in [0.1, 0.15) is 24.7 Å². The second-order valence-corrected chi connectivity index (χ2v) is 10.6. The van der Waals surface area contributed by atoms with Crippen molar-refractivity contribution in [3.05, 3.63) is 139 Å².